The Balaban J connectivity index is 1.85. The molecule has 6 nitrogen and oxygen atoms in total. The van der Waals surface area contributed by atoms with Gasteiger partial charge in [0.05, 0.1) is 22.7 Å². The van der Waals surface area contributed by atoms with Crippen molar-refractivity contribution in [3.8, 4) is 11.4 Å². The van der Waals surface area contributed by atoms with E-state index in [0.717, 1.165) is 5.52 Å². The van der Waals surface area contributed by atoms with Crippen molar-refractivity contribution < 1.29 is 13.9 Å². The molecule has 0 spiro atoms. The van der Waals surface area contributed by atoms with Crippen LogP contribution in [0, 0.1) is 5.82 Å². The number of hydrogen-bond acceptors (Lipinski definition) is 4. The summed E-state index contributed by atoms with van der Waals surface area (Å²) in [5, 5.41) is 8.07. The fourth-order valence-corrected chi connectivity index (χ4v) is 3.03. The van der Waals surface area contributed by atoms with Crippen molar-refractivity contribution in [2.75, 3.05) is 5.32 Å². The zero-order valence-corrected chi connectivity index (χ0v) is 16.0. The lowest BCUT2D eigenvalue weighted by Crippen LogP contribution is -2.14. The maximum absolute atomic E-state index is 13.4. The van der Waals surface area contributed by atoms with Crippen molar-refractivity contribution in [3.05, 3.63) is 78.4 Å². The summed E-state index contributed by atoms with van der Waals surface area (Å²) in [7, 11) is 0. The van der Waals surface area contributed by atoms with Crippen LogP contribution >= 0.6 is 0 Å². The number of hydrogen-bond donors (Lipinski definition) is 1. The number of anilines is 1. The molecule has 0 aliphatic rings. The molecule has 2 aromatic heterocycles. The molecule has 4 rings (SSSR count). The topological polar surface area (TPSA) is 69.0 Å². The molecule has 0 bridgehead atoms. The van der Waals surface area contributed by atoms with Gasteiger partial charge in [-0.2, -0.15) is 0 Å². The number of rotatable bonds is 5. The molecule has 146 valence electrons. The smallest absolute Gasteiger partial charge is 0.275 e. The number of amides is 1. The Hall–Kier alpha value is -3.74. The first-order valence-electron chi connectivity index (χ1n) is 9.19. The largest absolute Gasteiger partial charge is 0.490 e. The van der Waals surface area contributed by atoms with Crippen LogP contribution in [-0.2, 0) is 0 Å². The van der Waals surface area contributed by atoms with Gasteiger partial charge in [0.2, 0.25) is 0 Å². The molecule has 0 aliphatic carbocycles. The minimum absolute atomic E-state index is 0.0610. The zero-order chi connectivity index (χ0) is 20.4. The summed E-state index contributed by atoms with van der Waals surface area (Å²) in [6.07, 6.45) is 1.49. The van der Waals surface area contributed by atoms with Gasteiger partial charge in [0, 0.05) is 6.20 Å². The maximum Gasteiger partial charge on any atom is 0.275 e. The van der Waals surface area contributed by atoms with E-state index in [4.69, 9.17) is 4.74 Å². The molecule has 0 aliphatic heterocycles. The van der Waals surface area contributed by atoms with Gasteiger partial charge in [0.1, 0.15) is 17.3 Å². The molecule has 1 N–H and O–H groups in total. The minimum atomic E-state index is -0.379. The number of fused-ring (bicyclic) bond motifs is 1. The van der Waals surface area contributed by atoms with Gasteiger partial charge in [-0.15, -0.1) is 5.10 Å². The highest BCUT2D eigenvalue weighted by Gasteiger charge is 2.19. The van der Waals surface area contributed by atoms with Crippen LogP contribution in [0.3, 0.4) is 0 Å². The Kier molecular flexibility index (Phi) is 4.95. The number of pyridine rings is 1. The summed E-state index contributed by atoms with van der Waals surface area (Å²) in [4.78, 5) is 16.7. The van der Waals surface area contributed by atoms with E-state index in [-0.39, 0.29) is 23.5 Å². The van der Waals surface area contributed by atoms with Gasteiger partial charge >= 0.3 is 0 Å². The lowest BCUT2D eigenvalue weighted by molar-refractivity contribution is 0.102. The summed E-state index contributed by atoms with van der Waals surface area (Å²) in [6.45, 7) is 3.85. The van der Waals surface area contributed by atoms with Crippen LogP contribution in [0.15, 0.2) is 66.9 Å². The molecular weight excluding hydrogens is 371 g/mol. The Labute approximate surface area is 167 Å². The van der Waals surface area contributed by atoms with E-state index in [2.05, 4.69) is 15.4 Å². The second kappa shape index (κ2) is 7.71. The van der Waals surface area contributed by atoms with Crippen LogP contribution in [0.4, 0.5) is 10.2 Å². The lowest BCUT2D eigenvalue weighted by atomic mass is 10.2. The molecule has 2 aromatic carbocycles. The molecule has 7 heteroatoms. The second-order valence-electron chi connectivity index (χ2n) is 6.72. The maximum atomic E-state index is 13.4. The number of benzene rings is 2. The van der Waals surface area contributed by atoms with Crippen LogP contribution in [0.25, 0.3) is 16.6 Å². The van der Waals surface area contributed by atoms with Crippen molar-refractivity contribution in [3.63, 3.8) is 0 Å². The third-order valence-electron chi connectivity index (χ3n) is 4.23. The molecule has 0 fully saturated rings. The quantitative estimate of drug-likeness (QED) is 0.541. The molecule has 0 unspecified atom stereocenters. The predicted octanol–water partition coefficient (Wildman–Crippen LogP) is 4.60. The average molecular weight is 390 g/mol. The molecule has 29 heavy (non-hydrogen) atoms. The average Bonchev–Trinajstić information content (AvgIpc) is 3.08. The van der Waals surface area contributed by atoms with Gasteiger partial charge in [-0.1, -0.05) is 12.1 Å². The number of ether oxygens (including phenoxy) is 1. The summed E-state index contributed by atoms with van der Waals surface area (Å²) in [5.74, 6) is 0.228. The van der Waals surface area contributed by atoms with Gasteiger partial charge in [0.15, 0.2) is 5.82 Å². The third kappa shape index (κ3) is 3.80. The van der Waals surface area contributed by atoms with Crippen molar-refractivity contribution in [1.29, 1.82) is 0 Å². The highest BCUT2D eigenvalue weighted by molar-refractivity contribution is 6.08. The fraction of sp³-hybridized carbons (Fsp3) is 0.136. The molecule has 0 radical (unpaired) electrons. The third-order valence-corrected chi connectivity index (χ3v) is 4.23. The summed E-state index contributed by atoms with van der Waals surface area (Å²) < 4.78 is 21.0. The van der Waals surface area contributed by atoms with Crippen LogP contribution in [-0.4, -0.2) is 26.8 Å². The van der Waals surface area contributed by atoms with E-state index in [0.29, 0.717) is 22.6 Å². The summed E-state index contributed by atoms with van der Waals surface area (Å²) >= 11 is 0. The number of carbonyl (C=O) groups excluding carboxylic acids is 1. The van der Waals surface area contributed by atoms with E-state index in [1.165, 1.54) is 12.1 Å². The monoisotopic (exact) mass is 390 g/mol. The van der Waals surface area contributed by atoms with Crippen LogP contribution in [0.2, 0.25) is 0 Å². The van der Waals surface area contributed by atoms with E-state index in [1.54, 1.807) is 41.2 Å². The van der Waals surface area contributed by atoms with E-state index in [1.807, 2.05) is 32.0 Å². The Morgan fingerprint density at radius 2 is 1.86 bits per heavy atom. The first kappa shape index (κ1) is 18.6. The first-order chi connectivity index (χ1) is 14.0. The lowest BCUT2D eigenvalue weighted by Gasteiger charge is -2.11. The van der Waals surface area contributed by atoms with Crippen molar-refractivity contribution in [2.24, 2.45) is 0 Å². The molecular formula is C22H19FN4O2. The first-order valence-corrected chi connectivity index (χ1v) is 9.19. The van der Waals surface area contributed by atoms with Crippen molar-refractivity contribution in [1.82, 2.24) is 14.8 Å². The fourth-order valence-electron chi connectivity index (χ4n) is 3.03. The van der Waals surface area contributed by atoms with E-state index < -0.39 is 0 Å². The number of nitrogens with zero attached hydrogens (tertiary/aromatic N) is 3. The van der Waals surface area contributed by atoms with Crippen LogP contribution < -0.4 is 10.1 Å². The number of aromatic nitrogens is 3. The van der Waals surface area contributed by atoms with Gasteiger partial charge < -0.3 is 10.1 Å². The highest BCUT2D eigenvalue weighted by Crippen LogP contribution is 2.34. The minimum Gasteiger partial charge on any atom is -0.490 e. The normalized spacial score (nSPS) is 11.0. The zero-order valence-electron chi connectivity index (χ0n) is 16.0. The number of halogens is 1. The van der Waals surface area contributed by atoms with Crippen LogP contribution in [0.1, 0.15) is 24.3 Å². The Morgan fingerprint density at radius 3 is 2.55 bits per heavy atom. The predicted molar refractivity (Wildman–Crippen MR) is 109 cm³/mol. The van der Waals surface area contributed by atoms with Gasteiger partial charge in [-0.25, -0.2) is 9.07 Å². The summed E-state index contributed by atoms with van der Waals surface area (Å²) in [5.41, 5.74) is 1.67. The van der Waals surface area contributed by atoms with E-state index >= 15 is 0 Å². The molecule has 1 amide bonds. The van der Waals surface area contributed by atoms with E-state index in [9.17, 15) is 9.18 Å². The number of nitrogens with one attached hydrogen (secondary N) is 1. The Morgan fingerprint density at radius 1 is 1.07 bits per heavy atom. The van der Waals surface area contributed by atoms with Crippen molar-refractivity contribution >= 4 is 22.6 Å². The summed E-state index contributed by atoms with van der Waals surface area (Å²) in [6, 6.07) is 16.6. The van der Waals surface area contributed by atoms with Crippen molar-refractivity contribution in [2.45, 2.75) is 20.0 Å². The number of carbonyl (C=O) groups is 1. The van der Waals surface area contributed by atoms with Crippen LogP contribution in [0.5, 0.6) is 5.75 Å². The van der Waals surface area contributed by atoms with Gasteiger partial charge in [0.25, 0.3) is 5.91 Å². The molecule has 4 aromatic rings. The molecule has 0 saturated heterocycles. The highest BCUT2D eigenvalue weighted by atomic mass is 19.1. The van der Waals surface area contributed by atoms with Gasteiger partial charge in [-0.05, 0) is 62.4 Å². The molecule has 0 atom stereocenters. The van der Waals surface area contributed by atoms with Gasteiger partial charge in [-0.3, -0.25) is 9.78 Å². The SMILES string of the molecule is CC(C)Oc1cccc2c1c(NC(=O)c1ccccn1)nn2-c1ccc(F)cc1. The molecule has 2 heterocycles. The Bertz CT molecular complexity index is 1150. The second-order valence-corrected chi connectivity index (χ2v) is 6.72. The molecule has 0 saturated carbocycles. The standard InChI is InChI=1S/C22H19FN4O2/c1-14(2)29-19-8-5-7-18-20(19)21(25-22(28)17-6-3-4-13-24-17)26-27(18)16-11-9-15(23)10-12-16/h3-14H,1-2H3,(H,25,26,28).